The monoisotopic (exact) mass is 439 g/mol. The van der Waals surface area contributed by atoms with Crippen molar-refractivity contribution in [3.63, 3.8) is 0 Å². The van der Waals surface area contributed by atoms with Gasteiger partial charge in [-0.25, -0.2) is 0 Å². The van der Waals surface area contributed by atoms with Crippen molar-refractivity contribution in [2.24, 2.45) is 22.2 Å². The molecule has 1 unspecified atom stereocenters. The lowest BCUT2D eigenvalue weighted by Crippen LogP contribution is -2.41. The Kier molecular flexibility index (Phi) is 12.3. The van der Waals surface area contributed by atoms with Gasteiger partial charge < -0.3 is 15.7 Å². The van der Waals surface area contributed by atoms with Crippen LogP contribution in [0.1, 0.15) is 66.2 Å². The number of nitrogens with zero attached hydrogens (tertiary/aromatic N) is 1. The SMILES string of the molecule is CCNC(=NCC1(CC)CCC1)NCC(CCO)CC(C)C.I. The van der Waals surface area contributed by atoms with Gasteiger partial charge >= 0.3 is 0 Å². The van der Waals surface area contributed by atoms with Crippen LogP contribution < -0.4 is 10.6 Å². The number of aliphatic hydroxyl groups excluding tert-OH is 1. The number of hydrogen-bond acceptors (Lipinski definition) is 2. The fourth-order valence-corrected chi connectivity index (χ4v) is 3.28. The number of aliphatic hydroxyl groups is 1. The first-order valence-electron chi connectivity index (χ1n) is 9.18. The first kappa shape index (κ1) is 23.0. The summed E-state index contributed by atoms with van der Waals surface area (Å²) in [5.41, 5.74) is 0.463. The Bertz CT molecular complexity index is 325. The maximum absolute atomic E-state index is 9.23. The number of hydrogen-bond donors (Lipinski definition) is 3. The van der Waals surface area contributed by atoms with Crippen LogP contribution in [0.25, 0.3) is 0 Å². The average molecular weight is 439 g/mol. The van der Waals surface area contributed by atoms with Gasteiger partial charge in [0, 0.05) is 26.2 Å². The summed E-state index contributed by atoms with van der Waals surface area (Å²) in [7, 11) is 0. The fraction of sp³-hybridized carbons (Fsp3) is 0.944. The van der Waals surface area contributed by atoms with E-state index in [0.717, 1.165) is 38.4 Å². The molecule has 0 aliphatic heterocycles. The summed E-state index contributed by atoms with van der Waals surface area (Å²) < 4.78 is 0. The zero-order valence-electron chi connectivity index (χ0n) is 15.5. The Morgan fingerprint density at radius 1 is 1.22 bits per heavy atom. The van der Waals surface area contributed by atoms with Gasteiger partial charge in [-0.1, -0.05) is 27.2 Å². The molecule has 0 aromatic rings. The Hall–Kier alpha value is -0.0400. The lowest BCUT2D eigenvalue weighted by atomic mass is 9.67. The molecule has 0 aromatic carbocycles. The Morgan fingerprint density at radius 3 is 2.35 bits per heavy atom. The molecule has 4 nitrogen and oxygen atoms in total. The third-order valence-electron chi connectivity index (χ3n) is 4.98. The molecule has 1 saturated carbocycles. The highest BCUT2D eigenvalue weighted by Crippen LogP contribution is 2.43. The quantitative estimate of drug-likeness (QED) is 0.276. The van der Waals surface area contributed by atoms with Crippen molar-refractivity contribution >= 4 is 29.9 Å². The van der Waals surface area contributed by atoms with Gasteiger partial charge in [0.15, 0.2) is 5.96 Å². The summed E-state index contributed by atoms with van der Waals surface area (Å²) in [6.07, 6.45) is 7.26. The van der Waals surface area contributed by atoms with E-state index >= 15 is 0 Å². The topological polar surface area (TPSA) is 56.7 Å². The van der Waals surface area contributed by atoms with E-state index in [1.807, 2.05) is 0 Å². The van der Waals surface area contributed by atoms with Crippen molar-refractivity contribution in [2.45, 2.75) is 66.2 Å². The van der Waals surface area contributed by atoms with Gasteiger partial charge in [0.25, 0.3) is 0 Å². The Labute approximate surface area is 160 Å². The van der Waals surface area contributed by atoms with Crippen LogP contribution in [0.2, 0.25) is 0 Å². The number of guanidine groups is 1. The van der Waals surface area contributed by atoms with Crippen LogP contribution in [-0.2, 0) is 0 Å². The Morgan fingerprint density at radius 2 is 1.91 bits per heavy atom. The predicted octanol–water partition coefficient (Wildman–Crippen LogP) is 3.78. The molecule has 0 saturated heterocycles. The first-order valence-corrected chi connectivity index (χ1v) is 9.18. The zero-order valence-corrected chi connectivity index (χ0v) is 17.9. The van der Waals surface area contributed by atoms with Crippen LogP contribution in [0, 0.1) is 17.3 Å². The van der Waals surface area contributed by atoms with Gasteiger partial charge in [0.05, 0.1) is 0 Å². The number of nitrogens with one attached hydrogen (secondary N) is 2. The zero-order chi connectivity index (χ0) is 16.4. The molecule has 0 bridgehead atoms. The molecule has 1 atom stereocenters. The third kappa shape index (κ3) is 8.57. The normalized spacial score (nSPS) is 18.1. The summed E-state index contributed by atoms with van der Waals surface area (Å²) in [4.78, 5) is 4.82. The minimum atomic E-state index is 0. The van der Waals surface area contributed by atoms with Crippen LogP contribution in [0.5, 0.6) is 0 Å². The number of rotatable bonds is 10. The highest BCUT2D eigenvalue weighted by Gasteiger charge is 2.34. The maximum atomic E-state index is 9.23. The van der Waals surface area contributed by atoms with Crippen molar-refractivity contribution < 1.29 is 5.11 Å². The van der Waals surface area contributed by atoms with Gasteiger partial charge in [-0.15, -0.1) is 24.0 Å². The van der Waals surface area contributed by atoms with E-state index in [1.54, 1.807) is 0 Å². The second kappa shape index (κ2) is 12.3. The van der Waals surface area contributed by atoms with E-state index in [4.69, 9.17) is 4.99 Å². The first-order chi connectivity index (χ1) is 10.5. The smallest absolute Gasteiger partial charge is 0.191 e. The lowest BCUT2D eigenvalue weighted by molar-refractivity contribution is 0.139. The number of aliphatic imine (C=N–C) groups is 1. The van der Waals surface area contributed by atoms with Crippen LogP contribution in [0.15, 0.2) is 4.99 Å². The van der Waals surface area contributed by atoms with Gasteiger partial charge in [0.2, 0.25) is 0 Å². The average Bonchev–Trinajstić information content (AvgIpc) is 2.43. The predicted molar refractivity (Wildman–Crippen MR) is 111 cm³/mol. The maximum Gasteiger partial charge on any atom is 0.191 e. The van der Waals surface area contributed by atoms with E-state index in [1.165, 1.54) is 25.7 Å². The molecule has 0 radical (unpaired) electrons. The van der Waals surface area contributed by atoms with E-state index in [-0.39, 0.29) is 30.6 Å². The summed E-state index contributed by atoms with van der Waals surface area (Å²) in [5.74, 6) is 2.11. The van der Waals surface area contributed by atoms with E-state index in [9.17, 15) is 5.11 Å². The summed E-state index contributed by atoms with van der Waals surface area (Å²) in [5, 5.41) is 16.1. The molecule has 0 heterocycles. The molecular weight excluding hydrogens is 401 g/mol. The second-order valence-electron chi connectivity index (χ2n) is 7.29. The minimum Gasteiger partial charge on any atom is -0.396 e. The van der Waals surface area contributed by atoms with Crippen molar-refractivity contribution in [2.75, 3.05) is 26.2 Å². The standard InChI is InChI=1S/C18H37N3O.HI/c1-5-18(9-7-10-18)14-21-17(19-6-2)20-13-16(8-11-22)12-15(3)4;/h15-16,22H,5-14H2,1-4H3,(H2,19,20,21);1H. The van der Waals surface area contributed by atoms with Crippen LogP contribution in [0.4, 0.5) is 0 Å². The third-order valence-corrected chi connectivity index (χ3v) is 4.98. The van der Waals surface area contributed by atoms with Crippen LogP contribution in [-0.4, -0.2) is 37.3 Å². The van der Waals surface area contributed by atoms with Crippen molar-refractivity contribution in [1.82, 2.24) is 10.6 Å². The molecule has 23 heavy (non-hydrogen) atoms. The highest BCUT2D eigenvalue weighted by atomic mass is 127. The van der Waals surface area contributed by atoms with E-state index in [0.29, 0.717) is 17.3 Å². The summed E-state index contributed by atoms with van der Waals surface area (Å²) in [6, 6.07) is 0. The summed E-state index contributed by atoms with van der Waals surface area (Å²) >= 11 is 0. The molecule has 1 aliphatic rings. The van der Waals surface area contributed by atoms with Crippen molar-refractivity contribution in [1.29, 1.82) is 0 Å². The van der Waals surface area contributed by atoms with Gasteiger partial charge in [-0.05, 0) is 56.3 Å². The molecule has 138 valence electrons. The highest BCUT2D eigenvalue weighted by molar-refractivity contribution is 14.0. The number of halogens is 1. The minimum absolute atomic E-state index is 0. The summed E-state index contributed by atoms with van der Waals surface area (Å²) in [6.45, 7) is 11.9. The lowest BCUT2D eigenvalue weighted by Gasteiger charge is -2.40. The fourth-order valence-electron chi connectivity index (χ4n) is 3.28. The molecule has 5 heteroatoms. The molecular formula is C18H38IN3O. The van der Waals surface area contributed by atoms with Gasteiger partial charge in [0.1, 0.15) is 0 Å². The van der Waals surface area contributed by atoms with Gasteiger partial charge in [-0.3, -0.25) is 4.99 Å². The van der Waals surface area contributed by atoms with Crippen molar-refractivity contribution in [3.05, 3.63) is 0 Å². The molecule has 1 rings (SSSR count). The van der Waals surface area contributed by atoms with Gasteiger partial charge in [-0.2, -0.15) is 0 Å². The molecule has 1 fully saturated rings. The van der Waals surface area contributed by atoms with E-state index in [2.05, 4.69) is 38.3 Å². The second-order valence-corrected chi connectivity index (χ2v) is 7.29. The largest absolute Gasteiger partial charge is 0.396 e. The van der Waals surface area contributed by atoms with Crippen LogP contribution >= 0.6 is 24.0 Å². The molecule has 3 N–H and O–H groups in total. The van der Waals surface area contributed by atoms with E-state index < -0.39 is 0 Å². The van der Waals surface area contributed by atoms with Crippen molar-refractivity contribution in [3.8, 4) is 0 Å². The Balaban J connectivity index is 0.00000484. The van der Waals surface area contributed by atoms with Crippen LogP contribution in [0.3, 0.4) is 0 Å². The molecule has 0 amide bonds. The molecule has 0 aromatic heterocycles. The molecule has 0 spiro atoms. The molecule has 1 aliphatic carbocycles.